The summed E-state index contributed by atoms with van der Waals surface area (Å²) < 4.78 is 0. The second-order valence-corrected chi connectivity index (χ2v) is 4.06. The molecule has 1 rings (SSSR count). The van der Waals surface area contributed by atoms with Crippen LogP contribution in [0.3, 0.4) is 0 Å². The molecule has 1 aromatic carbocycles. The fraction of sp³-hybridized carbons (Fsp3) is 0.167. The molecule has 0 aliphatic carbocycles. The molecule has 0 heterocycles. The molecule has 0 atom stereocenters. The number of carbonyl (C=O) groups is 1. The monoisotopic (exact) mass is 249 g/mol. The summed E-state index contributed by atoms with van der Waals surface area (Å²) in [7, 11) is 0. The number of para-hydroxylation sites is 1. The zero-order valence-corrected chi connectivity index (χ0v) is 10.6. The zero-order chi connectivity index (χ0) is 12.7. The van der Waals surface area contributed by atoms with Crippen molar-refractivity contribution in [2.24, 2.45) is 0 Å². The van der Waals surface area contributed by atoms with Gasteiger partial charge in [-0.3, -0.25) is 21.0 Å². The minimum Gasteiger partial charge on any atom is -0.299 e. The van der Waals surface area contributed by atoms with Gasteiger partial charge in [0.25, 0.3) is 0 Å². The lowest BCUT2D eigenvalue weighted by molar-refractivity contribution is -0.115. The van der Waals surface area contributed by atoms with Crippen LogP contribution in [0.25, 0.3) is 0 Å². The molecule has 1 amide bonds. The van der Waals surface area contributed by atoms with E-state index in [1.807, 2.05) is 44.2 Å². The topological polar surface area (TPSA) is 53.2 Å². The molecule has 17 heavy (non-hydrogen) atoms. The van der Waals surface area contributed by atoms with Gasteiger partial charge >= 0.3 is 0 Å². The second kappa shape index (κ2) is 6.65. The fourth-order valence-electron chi connectivity index (χ4n) is 1.09. The van der Waals surface area contributed by atoms with Gasteiger partial charge in [0.15, 0.2) is 5.11 Å². The van der Waals surface area contributed by atoms with Gasteiger partial charge in [0, 0.05) is 6.08 Å². The minimum atomic E-state index is -0.239. The lowest BCUT2D eigenvalue weighted by Crippen LogP contribution is -2.41. The van der Waals surface area contributed by atoms with Gasteiger partial charge in [-0.05, 0) is 38.2 Å². The number of benzene rings is 1. The molecule has 0 radical (unpaired) electrons. The molecule has 0 aliphatic heterocycles. The van der Waals surface area contributed by atoms with E-state index in [4.69, 9.17) is 12.2 Å². The van der Waals surface area contributed by atoms with Crippen LogP contribution in [0, 0.1) is 0 Å². The van der Waals surface area contributed by atoms with E-state index in [-0.39, 0.29) is 11.0 Å². The smallest absolute Gasteiger partial charge is 0.250 e. The Morgan fingerprint density at radius 1 is 1.24 bits per heavy atom. The van der Waals surface area contributed by atoms with Crippen LogP contribution in [-0.2, 0) is 4.79 Å². The van der Waals surface area contributed by atoms with Gasteiger partial charge in [-0.15, -0.1) is 0 Å². The van der Waals surface area contributed by atoms with Crippen LogP contribution in [0.1, 0.15) is 13.8 Å². The molecule has 0 aromatic heterocycles. The first kappa shape index (κ1) is 13.2. The van der Waals surface area contributed by atoms with Crippen molar-refractivity contribution in [3.63, 3.8) is 0 Å². The molecule has 0 fully saturated rings. The third kappa shape index (κ3) is 5.67. The van der Waals surface area contributed by atoms with Crippen molar-refractivity contribution in [1.29, 1.82) is 0 Å². The Morgan fingerprint density at radius 2 is 1.88 bits per heavy atom. The Morgan fingerprint density at radius 3 is 2.47 bits per heavy atom. The molecule has 0 spiro atoms. The van der Waals surface area contributed by atoms with Crippen molar-refractivity contribution in [2.75, 3.05) is 5.43 Å². The minimum absolute atomic E-state index is 0.233. The SMILES string of the molecule is CC(C)=CC(=O)NC(=S)NNc1ccccc1. The number of allylic oxidation sites excluding steroid dienone is 1. The van der Waals surface area contributed by atoms with E-state index in [1.54, 1.807) is 0 Å². The van der Waals surface area contributed by atoms with Crippen molar-refractivity contribution in [2.45, 2.75) is 13.8 Å². The van der Waals surface area contributed by atoms with E-state index in [0.29, 0.717) is 0 Å². The average molecular weight is 249 g/mol. The van der Waals surface area contributed by atoms with Gasteiger partial charge in [0.2, 0.25) is 5.91 Å². The quantitative estimate of drug-likeness (QED) is 0.435. The maximum atomic E-state index is 11.3. The van der Waals surface area contributed by atoms with E-state index < -0.39 is 0 Å². The Labute approximate surface area is 106 Å². The highest BCUT2D eigenvalue weighted by molar-refractivity contribution is 7.80. The molecule has 3 N–H and O–H groups in total. The Hall–Kier alpha value is -1.88. The van der Waals surface area contributed by atoms with Crippen LogP contribution in [0.4, 0.5) is 5.69 Å². The molecule has 0 unspecified atom stereocenters. The molecule has 0 aliphatic rings. The van der Waals surface area contributed by atoms with Crippen LogP contribution in [-0.4, -0.2) is 11.0 Å². The Bertz CT molecular complexity index is 425. The average Bonchev–Trinajstić information content (AvgIpc) is 2.26. The molecule has 0 saturated carbocycles. The lowest BCUT2D eigenvalue weighted by atomic mass is 10.3. The van der Waals surface area contributed by atoms with Crippen molar-refractivity contribution in [3.8, 4) is 0 Å². The van der Waals surface area contributed by atoms with E-state index in [0.717, 1.165) is 11.3 Å². The van der Waals surface area contributed by atoms with E-state index in [9.17, 15) is 4.79 Å². The summed E-state index contributed by atoms with van der Waals surface area (Å²) in [5.74, 6) is -0.239. The van der Waals surface area contributed by atoms with Gasteiger partial charge in [-0.1, -0.05) is 23.8 Å². The summed E-state index contributed by atoms with van der Waals surface area (Å²) >= 11 is 4.95. The predicted molar refractivity (Wildman–Crippen MR) is 73.4 cm³/mol. The number of hydrogen-bond acceptors (Lipinski definition) is 3. The normalized spacial score (nSPS) is 9.06. The molecule has 5 heteroatoms. The van der Waals surface area contributed by atoms with Crippen LogP contribution in [0.15, 0.2) is 42.0 Å². The van der Waals surface area contributed by atoms with Crippen LogP contribution >= 0.6 is 12.2 Å². The number of hydrazine groups is 1. The predicted octanol–water partition coefficient (Wildman–Crippen LogP) is 1.97. The first-order valence-electron chi connectivity index (χ1n) is 5.15. The number of nitrogens with one attached hydrogen (secondary N) is 3. The number of thiocarbonyl (C=S) groups is 1. The van der Waals surface area contributed by atoms with Crippen LogP contribution in [0.5, 0.6) is 0 Å². The molecular formula is C12H15N3OS. The largest absolute Gasteiger partial charge is 0.299 e. The van der Waals surface area contributed by atoms with E-state index in [1.165, 1.54) is 6.08 Å². The van der Waals surface area contributed by atoms with Gasteiger partial charge in [-0.2, -0.15) is 0 Å². The van der Waals surface area contributed by atoms with Gasteiger partial charge in [-0.25, -0.2) is 0 Å². The first-order valence-corrected chi connectivity index (χ1v) is 5.55. The van der Waals surface area contributed by atoms with Crippen molar-refractivity contribution in [1.82, 2.24) is 10.7 Å². The van der Waals surface area contributed by atoms with Gasteiger partial charge < -0.3 is 0 Å². The van der Waals surface area contributed by atoms with Crippen molar-refractivity contribution in [3.05, 3.63) is 42.0 Å². The summed E-state index contributed by atoms with van der Waals surface area (Å²) in [5.41, 5.74) is 7.38. The van der Waals surface area contributed by atoms with E-state index in [2.05, 4.69) is 16.2 Å². The highest BCUT2D eigenvalue weighted by Crippen LogP contribution is 2.02. The third-order valence-electron chi connectivity index (χ3n) is 1.75. The number of anilines is 1. The summed E-state index contributed by atoms with van der Waals surface area (Å²) in [6.07, 6.45) is 1.48. The Balaban J connectivity index is 2.36. The summed E-state index contributed by atoms with van der Waals surface area (Å²) in [6.45, 7) is 3.69. The number of amides is 1. The maximum absolute atomic E-state index is 11.3. The highest BCUT2D eigenvalue weighted by atomic mass is 32.1. The highest BCUT2D eigenvalue weighted by Gasteiger charge is 2.00. The van der Waals surface area contributed by atoms with Crippen molar-refractivity contribution < 1.29 is 4.79 Å². The fourth-order valence-corrected chi connectivity index (χ4v) is 1.24. The molecular weight excluding hydrogens is 234 g/mol. The summed E-state index contributed by atoms with van der Waals surface area (Å²) in [5, 5.41) is 2.76. The zero-order valence-electron chi connectivity index (χ0n) is 9.78. The van der Waals surface area contributed by atoms with Gasteiger partial charge in [0.1, 0.15) is 0 Å². The standard InChI is InChI=1S/C12H15N3OS/c1-9(2)8-11(16)13-12(17)15-14-10-6-4-3-5-7-10/h3-8,14H,1-2H3,(H2,13,15,16,17). The first-order chi connectivity index (χ1) is 8.08. The van der Waals surface area contributed by atoms with E-state index >= 15 is 0 Å². The molecule has 4 nitrogen and oxygen atoms in total. The summed E-state index contributed by atoms with van der Waals surface area (Å²) in [6, 6.07) is 9.48. The van der Waals surface area contributed by atoms with Crippen LogP contribution < -0.4 is 16.2 Å². The second-order valence-electron chi connectivity index (χ2n) is 3.66. The van der Waals surface area contributed by atoms with Gasteiger partial charge in [0.05, 0.1) is 5.69 Å². The maximum Gasteiger partial charge on any atom is 0.250 e. The Kier molecular flexibility index (Phi) is 5.16. The molecule has 0 bridgehead atoms. The van der Waals surface area contributed by atoms with Crippen molar-refractivity contribution >= 4 is 28.9 Å². The van der Waals surface area contributed by atoms with Crippen LogP contribution in [0.2, 0.25) is 0 Å². The molecule has 90 valence electrons. The summed E-state index contributed by atoms with van der Waals surface area (Å²) in [4.78, 5) is 11.3. The number of carbonyl (C=O) groups excluding carboxylic acids is 1. The number of hydrogen-bond donors (Lipinski definition) is 3. The lowest BCUT2D eigenvalue weighted by Gasteiger charge is -2.10. The number of rotatable bonds is 3. The molecule has 0 saturated heterocycles. The third-order valence-corrected chi connectivity index (χ3v) is 1.95. The molecule has 1 aromatic rings.